The lowest BCUT2D eigenvalue weighted by Gasteiger charge is -2.51. The summed E-state index contributed by atoms with van der Waals surface area (Å²) in [6.45, 7) is -0.321. The van der Waals surface area contributed by atoms with E-state index in [1.807, 2.05) is 0 Å². The van der Waals surface area contributed by atoms with Crippen LogP contribution in [0.3, 0.4) is 0 Å². The average Bonchev–Trinajstić information content (AvgIpc) is 2.98. The van der Waals surface area contributed by atoms with Crippen molar-refractivity contribution in [3.05, 3.63) is 41.5 Å². The molecule has 5 unspecified atom stereocenters. The fraction of sp³-hybridized carbons (Fsp3) is 0.429. The third kappa shape index (κ3) is 3.22. The van der Waals surface area contributed by atoms with Crippen LogP contribution in [0.1, 0.15) is 23.3 Å². The van der Waals surface area contributed by atoms with Gasteiger partial charge < -0.3 is 54.7 Å². The summed E-state index contributed by atoms with van der Waals surface area (Å²) >= 11 is 0. The molecule has 3 heterocycles. The molecule has 2 aromatic rings. The quantitative estimate of drug-likeness (QED) is 0.250. The van der Waals surface area contributed by atoms with Gasteiger partial charge in [-0.2, -0.15) is 0 Å². The van der Waals surface area contributed by atoms with Gasteiger partial charge in [0.1, 0.15) is 53.9 Å². The molecular formula is C21H22O11. The lowest BCUT2D eigenvalue weighted by molar-refractivity contribution is -0.379. The van der Waals surface area contributed by atoms with E-state index in [0.29, 0.717) is 5.56 Å². The minimum atomic E-state index is -1.21. The second-order valence-corrected chi connectivity index (χ2v) is 7.84. The molecule has 172 valence electrons. The van der Waals surface area contributed by atoms with Gasteiger partial charge in [-0.1, -0.05) is 6.07 Å². The number of aromatic hydroxyl groups is 4. The maximum atomic E-state index is 7.62. The highest BCUT2D eigenvalue weighted by Gasteiger charge is 2.56. The van der Waals surface area contributed by atoms with Crippen LogP contribution in [0.5, 0.6) is 28.7 Å². The standard InChI is InChI=1S/C21H22O11/c22-6-13-15(27)16(28)19-21(30-13)32-20-17(7-1-2-9(24)10(25)3-7)29-12-5-8(23)4-11(26)14(12)18(20)31-19/h1-5,13,15-28H,6H2/t13?,15?,16?,17-,18+,19?,20-,21?/m1/s1/i22D,27D,28D/hD4. The van der Waals surface area contributed by atoms with Gasteiger partial charge in [-0.3, -0.25) is 0 Å². The average molecular weight is 457 g/mol. The number of rotatable bonds is 9. The fourth-order valence-electron chi connectivity index (χ4n) is 4.32. The Hall–Kier alpha value is -2.80. The number of aliphatic hydroxyl groups excluding tert-OH is 3. The Morgan fingerprint density at radius 1 is 0.812 bits per heavy atom. The molecule has 0 spiro atoms. The lowest BCUT2D eigenvalue weighted by Crippen LogP contribution is -2.64. The monoisotopic (exact) mass is 457 g/mol. The Kier molecular flexibility index (Phi) is 3.44. The minimum absolute atomic E-state index is 0.00483. The molecule has 0 amide bonds. The molecule has 2 saturated heterocycles. The first-order chi connectivity index (χ1) is 19.0. The van der Waals surface area contributed by atoms with Crippen molar-refractivity contribution in [1.29, 1.82) is 10.0 Å². The zero-order valence-corrected chi connectivity index (χ0v) is 16.2. The number of hydrogen-bond acceptors (Lipinski definition) is 11. The second-order valence-electron chi connectivity index (χ2n) is 7.84. The molecule has 0 aliphatic carbocycles. The largest absolute Gasteiger partial charge is 0.508 e. The van der Waals surface area contributed by atoms with Gasteiger partial charge in [0, 0.05) is 12.1 Å². The van der Waals surface area contributed by atoms with Gasteiger partial charge in [-0.05, 0) is 17.7 Å². The summed E-state index contributed by atoms with van der Waals surface area (Å²) in [7, 11) is 0. The first-order valence-electron chi connectivity index (χ1n) is 12.7. The van der Waals surface area contributed by atoms with Crippen molar-refractivity contribution in [3.63, 3.8) is 0 Å². The van der Waals surface area contributed by atoms with Crippen molar-refractivity contribution < 1.29 is 54.7 Å². The number of benzene rings is 2. The molecule has 32 heavy (non-hydrogen) atoms. The Morgan fingerprint density at radius 3 is 2.50 bits per heavy atom. The second kappa shape index (κ2) is 7.66. The van der Waals surface area contributed by atoms with E-state index in [2.05, 4.69) is 20.4 Å². The predicted octanol–water partition coefficient (Wildman–Crippen LogP) is -0.0932. The van der Waals surface area contributed by atoms with E-state index >= 15 is 0 Å². The molecule has 3 aliphatic heterocycles. The highest BCUT2D eigenvalue weighted by molar-refractivity contribution is 5.53. The molecule has 8 atom stereocenters. The van der Waals surface area contributed by atoms with Crippen LogP contribution >= 0.6 is 0 Å². The van der Waals surface area contributed by atoms with E-state index in [1.165, 1.54) is 24.3 Å². The summed E-state index contributed by atoms with van der Waals surface area (Å²) in [5.41, 5.74) is 0.645. The van der Waals surface area contributed by atoms with Crippen molar-refractivity contribution in [2.24, 2.45) is 0 Å². The van der Waals surface area contributed by atoms with Gasteiger partial charge >= 0.3 is 0 Å². The van der Waals surface area contributed by atoms with Crippen molar-refractivity contribution in [3.8, 4) is 28.7 Å². The van der Waals surface area contributed by atoms with Crippen molar-refractivity contribution in [2.75, 3.05) is 6.61 Å². The number of ether oxygens (including phenoxy) is 4. The van der Waals surface area contributed by atoms with Crippen LogP contribution in [-0.2, 0) is 14.2 Å². The van der Waals surface area contributed by atoms with Crippen LogP contribution in [0, 0.1) is 0 Å². The van der Waals surface area contributed by atoms with Crippen LogP contribution in [-0.4, -0.2) is 89.2 Å². The molecule has 2 aromatic carbocycles. The van der Waals surface area contributed by atoms with E-state index in [1.54, 1.807) is 6.07 Å². The molecule has 5 rings (SSSR count). The number of aliphatic hydroxyl groups is 3. The van der Waals surface area contributed by atoms with Gasteiger partial charge in [0.25, 0.3) is 5.72 Å². The first-order valence-corrected chi connectivity index (χ1v) is 9.81. The van der Waals surface area contributed by atoms with E-state index in [4.69, 9.17) is 44.3 Å². The molecule has 0 saturated carbocycles. The van der Waals surface area contributed by atoms with Gasteiger partial charge in [0.05, 0.1) is 12.2 Å². The van der Waals surface area contributed by atoms with Crippen molar-refractivity contribution in [1.82, 2.24) is 0 Å². The summed E-state index contributed by atoms with van der Waals surface area (Å²) < 4.78 is 76.3. The fourth-order valence-corrected chi connectivity index (χ4v) is 4.32. The van der Waals surface area contributed by atoms with Crippen molar-refractivity contribution >= 4 is 0 Å². The minimum Gasteiger partial charge on any atom is -0.508 e. The molecule has 11 heteroatoms. The Labute approximate surface area is 191 Å². The smallest absolute Gasteiger partial charge is 0.293 e. The summed E-state index contributed by atoms with van der Waals surface area (Å²) in [6, 6.07) is 7.03. The van der Waals surface area contributed by atoms with Crippen LogP contribution in [0.15, 0.2) is 30.3 Å². The van der Waals surface area contributed by atoms with E-state index in [-0.39, 0.29) is 40.9 Å². The van der Waals surface area contributed by atoms with Gasteiger partial charge in [-0.25, -0.2) is 0 Å². The number of phenols is 4. The molecule has 7 N–H and O–H groups in total. The van der Waals surface area contributed by atoms with Crippen molar-refractivity contribution in [2.45, 2.75) is 49.0 Å². The maximum Gasteiger partial charge on any atom is 0.293 e. The molecule has 11 nitrogen and oxygen atoms in total. The van der Waals surface area contributed by atoms with Crippen LogP contribution in [0.25, 0.3) is 0 Å². The van der Waals surface area contributed by atoms with Gasteiger partial charge in [-0.15, -0.1) is 0 Å². The predicted molar refractivity (Wildman–Crippen MR) is 103 cm³/mol. The van der Waals surface area contributed by atoms with Crippen LogP contribution in [0.2, 0.25) is 0 Å². The summed E-state index contributed by atoms with van der Waals surface area (Å²) in [6.07, 6.45) is -8.74. The summed E-state index contributed by atoms with van der Waals surface area (Å²) in [5, 5.41) is 32.5. The zero-order valence-electron chi connectivity index (χ0n) is 23.2. The number of hydrogen-bond donors (Lipinski definition) is 7. The molecular weight excluding hydrogens is 428 g/mol. The molecule has 0 aromatic heterocycles. The van der Waals surface area contributed by atoms with E-state index in [9.17, 15) is 0 Å². The summed E-state index contributed by atoms with van der Waals surface area (Å²) in [5.74, 6) is -0.0419. The van der Waals surface area contributed by atoms with E-state index < -0.39 is 49.0 Å². The first kappa shape index (κ1) is 14.4. The number of fused-ring (bicyclic) bond motifs is 4. The number of phenolic OH excluding ortho intramolecular Hbond substituents is 4. The normalized spacial score (nSPS) is 38.3. The van der Waals surface area contributed by atoms with E-state index in [0.717, 1.165) is 0 Å². The highest BCUT2D eigenvalue weighted by atomic mass is 16.7. The highest BCUT2D eigenvalue weighted by Crippen LogP contribution is 2.53. The SMILES string of the molecule is [2H]OCC1OC2O[C@@H]3[C@@H](c4ccc(O[2H])c(O[2H])c4)Oc4cc(O[2H])cc(O[2H])c4[C@@H]3OC2C(O[2H])C1O[2H]. The molecule has 0 radical (unpaired) electrons. The van der Waals surface area contributed by atoms with Gasteiger partial charge in [0.15, 0.2) is 23.9 Å². The Morgan fingerprint density at radius 2 is 1.72 bits per heavy atom. The third-order valence-electron chi connectivity index (χ3n) is 5.86. The molecule has 2 fully saturated rings. The Bertz CT molecular complexity index is 1160. The third-order valence-corrected chi connectivity index (χ3v) is 5.86. The topological polar surface area (TPSA) is 179 Å². The Balaban J connectivity index is 1.60. The maximum absolute atomic E-state index is 7.62. The molecule has 0 bridgehead atoms. The van der Waals surface area contributed by atoms with Crippen LogP contribution in [0.4, 0.5) is 0 Å². The lowest BCUT2D eigenvalue weighted by atomic mass is 9.88. The summed E-state index contributed by atoms with van der Waals surface area (Å²) in [4.78, 5) is 0. The zero-order chi connectivity index (χ0) is 27.7. The molecule has 3 aliphatic rings. The van der Waals surface area contributed by atoms with Crippen LogP contribution < -0.4 is 4.74 Å². The van der Waals surface area contributed by atoms with Gasteiger partial charge in [0.2, 0.25) is 4.29 Å².